The highest BCUT2D eigenvalue weighted by Gasteiger charge is 2.23. The van der Waals surface area contributed by atoms with Gasteiger partial charge in [0.2, 0.25) is 0 Å². The number of Topliss-reactive ketones (excluding diaryl/α,β-unsaturated/α-hetero) is 1. The van der Waals surface area contributed by atoms with E-state index >= 15 is 0 Å². The predicted octanol–water partition coefficient (Wildman–Crippen LogP) is 2.33. The summed E-state index contributed by atoms with van der Waals surface area (Å²) in [5, 5.41) is 2.94. The number of nitrogens with two attached hydrogens (primary N) is 1. The second-order valence-electron chi connectivity index (χ2n) is 5.25. The van der Waals surface area contributed by atoms with Crippen molar-refractivity contribution >= 4 is 17.1 Å². The van der Waals surface area contributed by atoms with Crippen molar-refractivity contribution in [3.8, 4) is 0 Å². The average molecular weight is 240 g/mol. The first-order valence-electron chi connectivity index (χ1n) is 5.47. The Morgan fingerprint density at radius 3 is 2.62 bits per heavy atom. The normalized spacial score (nSPS) is 13.8. The lowest BCUT2D eigenvalue weighted by Crippen LogP contribution is -2.37. The fourth-order valence-electron chi connectivity index (χ4n) is 1.32. The molecule has 1 rings (SSSR count). The second kappa shape index (κ2) is 5.06. The Morgan fingerprint density at radius 1 is 1.56 bits per heavy atom. The van der Waals surface area contributed by atoms with Gasteiger partial charge in [0, 0.05) is 24.3 Å². The van der Waals surface area contributed by atoms with Crippen LogP contribution in [0.25, 0.3) is 0 Å². The van der Waals surface area contributed by atoms with Crippen LogP contribution in [0, 0.1) is 12.3 Å². The molecule has 0 aliphatic carbocycles. The van der Waals surface area contributed by atoms with Gasteiger partial charge in [-0.3, -0.25) is 4.79 Å². The molecule has 0 spiro atoms. The maximum absolute atomic E-state index is 11.8. The summed E-state index contributed by atoms with van der Waals surface area (Å²) < 4.78 is 0. The summed E-state index contributed by atoms with van der Waals surface area (Å²) in [5.41, 5.74) is 6.82. The molecule has 0 amide bonds. The molecule has 1 heterocycles. The molecule has 90 valence electrons. The highest BCUT2D eigenvalue weighted by molar-refractivity contribution is 7.09. The summed E-state index contributed by atoms with van der Waals surface area (Å²) in [6.07, 6.45) is 0.841. The van der Waals surface area contributed by atoms with Gasteiger partial charge >= 0.3 is 0 Å². The van der Waals surface area contributed by atoms with Crippen LogP contribution in [0.15, 0.2) is 5.38 Å². The minimum atomic E-state index is -0.0836. The highest BCUT2D eigenvalue weighted by atomic mass is 32.1. The van der Waals surface area contributed by atoms with Crippen LogP contribution in [0.5, 0.6) is 0 Å². The number of nitrogens with zero attached hydrogens (tertiary/aromatic N) is 1. The van der Waals surface area contributed by atoms with Crippen molar-refractivity contribution in [2.24, 2.45) is 11.1 Å². The van der Waals surface area contributed by atoms with E-state index in [2.05, 4.69) is 25.8 Å². The molecule has 0 aromatic carbocycles. The van der Waals surface area contributed by atoms with Gasteiger partial charge in [-0.15, -0.1) is 11.3 Å². The molecule has 3 nitrogen and oxygen atoms in total. The van der Waals surface area contributed by atoms with Gasteiger partial charge in [-0.1, -0.05) is 20.8 Å². The Balaban J connectivity index is 2.48. The smallest absolute Gasteiger partial charge is 0.140 e. The summed E-state index contributed by atoms with van der Waals surface area (Å²) >= 11 is 1.58. The van der Waals surface area contributed by atoms with Crippen molar-refractivity contribution in [1.29, 1.82) is 0 Å². The zero-order valence-electron chi connectivity index (χ0n) is 10.4. The van der Waals surface area contributed by atoms with Crippen molar-refractivity contribution in [3.05, 3.63) is 16.1 Å². The van der Waals surface area contributed by atoms with E-state index in [1.807, 2.05) is 12.3 Å². The molecule has 0 radical (unpaired) electrons. The van der Waals surface area contributed by atoms with Gasteiger partial charge in [-0.05, 0) is 12.3 Å². The third-order valence-electron chi connectivity index (χ3n) is 2.60. The molecule has 0 fully saturated rings. The molecular weight excluding hydrogens is 220 g/mol. The predicted molar refractivity (Wildman–Crippen MR) is 67.6 cm³/mol. The Morgan fingerprint density at radius 2 is 2.19 bits per heavy atom. The van der Waals surface area contributed by atoms with Gasteiger partial charge < -0.3 is 5.73 Å². The quantitative estimate of drug-likeness (QED) is 0.878. The highest BCUT2D eigenvalue weighted by Crippen LogP contribution is 2.20. The third kappa shape index (κ3) is 4.02. The largest absolute Gasteiger partial charge is 0.327 e. The molecule has 0 saturated heterocycles. The molecule has 16 heavy (non-hydrogen) atoms. The van der Waals surface area contributed by atoms with Crippen LogP contribution < -0.4 is 5.73 Å². The van der Waals surface area contributed by atoms with E-state index in [0.29, 0.717) is 12.8 Å². The van der Waals surface area contributed by atoms with Crippen LogP contribution in [0.4, 0.5) is 0 Å². The number of hydrogen-bond acceptors (Lipinski definition) is 4. The van der Waals surface area contributed by atoms with Crippen molar-refractivity contribution in [1.82, 2.24) is 4.98 Å². The summed E-state index contributed by atoms with van der Waals surface area (Å²) in [7, 11) is 0. The molecule has 1 aromatic rings. The van der Waals surface area contributed by atoms with Gasteiger partial charge in [0.15, 0.2) is 0 Å². The first kappa shape index (κ1) is 13.3. The van der Waals surface area contributed by atoms with Gasteiger partial charge in [0.1, 0.15) is 5.78 Å². The van der Waals surface area contributed by atoms with Crippen molar-refractivity contribution < 1.29 is 4.79 Å². The Labute approximate surface area is 101 Å². The lowest BCUT2D eigenvalue weighted by molar-refractivity contribution is -0.119. The van der Waals surface area contributed by atoms with E-state index in [1.54, 1.807) is 11.3 Å². The van der Waals surface area contributed by atoms with E-state index in [-0.39, 0.29) is 17.2 Å². The summed E-state index contributed by atoms with van der Waals surface area (Å²) in [6.45, 7) is 8.10. The van der Waals surface area contributed by atoms with Crippen LogP contribution in [0.2, 0.25) is 0 Å². The van der Waals surface area contributed by atoms with Gasteiger partial charge in [0.25, 0.3) is 0 Å². The number of rotatable bonds is 4. The van der Waals surface area contributed by atoms with Gasteiger partial charge in [0.05, 0.1) is 10.7 Å². The Kier molecular flexibility index (Phi) is 4.21. The zero-order valence-corrected chi connectivity index (χ0v) is 11.2. The molecule has 0 aliphatic heterocycles. The fourth-order valence-corrected chi connectivity index (χ4v) is 1.93. The molecule has 2 N–H and O–H groups in total. The van der Waals surface area contributed by atoms with Gasteiger partial charge in [-0.25, -0.2) is 4.98 Å². The minimum Gasteiger partial charge on any atom is -0.327 e. The van der Waals surface area contributed by atoms with Crippen molar-refractivity contribution in [3.63, 3.8) is 0 Å². The van der Waals surface area contributed by atoms with Gasteiger partial charge in [-0.2, -0.15) is 0 Å². The molecule has 4 heteroatoms. The van der Waals surface area contributed by atoms with E-state index in [0.717, 1.165) is 10.7 Å². The number of hydrogen-bond donors (Lipinski definition) is 1. The number of carbonyl (C=O) groups is 1. The molecular formula is C12H20N2OS. The third-order valence-corrected chi connectivity index (χ3v) is 3.43. The standard InChI is InChI=1S/C12H20N2OS/c1-8-14-9(7-16-8)5-10(15)6-11(13)12(2,3)4/h7,11H,5-6,13H2,1-4H3. The molecule has 1 aromatic heterocycles. The fraction of sp³-hybridized carbons (Fsp3) is 0.667. The van der Waals surface area contributed by atoms with Crippen LogP contribution in [0.3, 0.4) is 0 Å². The molecule has 0 saturated carbocycles. The number of ketones is 1. The maximum atomic E-state index is 11.8. The Bertz CT molecular complexity index is 365. The minimum absolute atomic E-state index is 0.0202. The number of aromatic nitrogens is 1. The number of carbonyl (C=O) groups excluding carboxylic acids is 1. The lowest BCUT2D eigenvalue weighted by Gasteiger charge is -2.26. The first-order valence-corrected chi connectivity index (χ1v) is 6.35. The topological polar surface area (TPSA) is 56.0 Å². The summed E-state index contributed by atoms with van der Waals surface area (Å²) in [6, 6.07) is -0.0836. The summed E-state index contributed by atoms with van der Waals surface area (Å²) in [4.78, 5) is 16.0. The van der Waals surface area contributed by atoms with Crippen LogP contribution in [-0.2, 0) is 11.2 Å². The Hall–Kier alpha value is -0.740. The van der Waals surface area contributed by atoms with Crippen LogP contribution in [0.1, 0.15) is 37.9 Å². The van der Waals surface area contributed by atoms with E-state index in [9.17, 15) is 4.79 Å². The van der Waals surface area contributed by atoms with Crippen molar-refractivity contribution in [2.45, 2.75) is 46.6 Å². The molecule has 0 aliphatic rings. The maximum Gasteiger partial charge on any atom is 0.140 e. The lowest BCUT2D eigenvalue weighted by atomic mass is 9.84. The van der Waals surface area contributed by atoms with E-state index in [1.165, 1.54) is 0 Å². The van der Waals surface area contributed by atoms with E-state index in [4.69, 9.17) is 5.73 Å². The molecule has 1 atom stereocenters. The van der Waals surface area contributed by atoms with E-state index < -0.39 is 0 Å². The number of aryl methyl sites for hydroxylation is 1. The first-order chi connectivity index (χ1) is 7.29. The second-order valence-corrected chi connectivity index (χ2v) is 6.31. The SMILES string of the molecule is Cc1nc(CC(=O)CC(N)C(C)(C)C)cs1. The molecule has 0 bridgehead atoms. The molecule has 1 unspecified atom stereocenters. The van der Waals surface area contributed by atoms with Crippen molar-refractivity contribution in [2.75, 3.05) is 0 Å². The van der Waals surface area contributed by atoms with Crippen LogP contribution >= 0.6 is 11.3 Å². The number of thiazole rings is 1. The summed E-state index contributed by atoms with van der Waals surface area (Å²) in [5.74, 6) is 0.174. The zero-order chi connectivity index (χ0) is 12.3. The van der Waals surface area contributed by atoms with Crippen LogP contribution in [-0.4, -0.2) is 16.8 Å². The average Bonchev–Trinajstić information content (AvgIpc) is 2.49. The monoisotopic (exact) mass is 240 g/mol.